The Labute approximate surface area is 122 Å². The molecule has 0 aromatic heterocycles. The third kappa shape index (κ3) is 3.95. The Kier molecular flexibility index (Phi) is 4.76. The van der Waals surface area contributed by atoms with Gasteiger partial charge in [-0.1, -0.05) is 18.2 Å². The molecule has 2 rings (SSSR count). The number of hydrazine groups is 1. The maximum Gasteiger partial charge on any atom is 0.314 e. The number of urea groups is 1. The van der Waals surface area contributed by atoms with Crippen LogP contribution in [-0.4, -0.2) is 35.8 Å². The van der Waals surface area contributed by atoms with Gasteiger partial charge in [-0.25, -0.2) is 4.79 Å². The highest BCUT2D eigenvalue weighted by atomic mass is 16.2. The number of nitrogens with zero attached hydrogens (tertiary/aromatic N) is 1. The minimum Gasteiger partial charge on any atom is -0.351 e. The van der Waals surface area contributed by atoms with Gasteiger partial charge >= 0.3 is 6.03 Å². The van der Waals surface area contributed by atoms with Crippen LogP contribution in [0.15, 0.2) is 30.3 Å². The van der Waals surface area contributed by atoms with E-state index in [1.54, 1.807) is 30.3 Å². The summed E-state index contributed by atoms with van der Waals surface area (Å²) in [6.45, 7) is 0.845. The maximum atomic E-state index is 12.0. The van der Waals surface area contributed by atoms with Crippen molar-refractivity contribution in [2.75, 3.05) is 13.1 Å². The first kappa shape index (κ1) is 14.8. The van der Waals surface area contributed by atoms with Gasteiger partial charge < -0.3 is 10.6 Å². The number of hydrogen-bond acceptors (Lipinski definition) is 3. The average Bonchev–Trinajstić information content (AvgIpc) is 2.53. The van der Waals surface area contributed by atoms with Crippen LogP contribution in [0, 0.1) is 5.92 Å². The van der Waals surface area contributed by atoms with E-state index in [0.717, 1.165) is 0 Å². The zero-order chi connectivity index (χ0) is 15.2. The van der Waals surface area contributed by atoms with Crippen LogP contribution < -0.4 is 16.6 Å². The number of piperidine rings is 1. The Morgan fingerprint density at radius 1 is 1.14 bits per heavy atom. The van der Waals surface area contributed by atoms with Crippen LogP contribution in [0.3, 0.4) is 0 Å². The summed E-state index contributed by atoms with van der Waals surface area (Å²) < 4.78 is 0. The molecule has 0 saturated carbocycles. The van der Waals surface area contributed by atoms with Crippen LogP contribution in [-0.2, 0) is 4.79 Å². The highest BCUT2D eigenvalue weighted by Crippen LogP contribution is 2.16. The van der Waals surface area contributed by atoms with Crippen molar-refractivity contribution in [3.05, 3.63) is 35.9 Å². The quantitative estimate of drug-likeness (QED) is 0.679. The van der Waals surface area contributed by atoms with E-state index in [4.69, 9.17) is 5.73 Å². The molecule has 1 atom stereocenters. The number of likely N-dealkylation sites (tertiary alicyclic amines) is 1. The number of amides is 4. The zero-order valence-corrected chi connectivity index (χ0v) is 11.5. The summed E-state index contributed by atoms with van der Waals surface area (Å²) in [5.41, 5.74) is 10.4. The zero-order valence-electron chi connectivity index (χ0n) is 11.5. The van der Waals surface area contributed by atoms with Crippen molar-refractivity contribution < 1.29 is 14.4 Å². The molecule has 112 valence electrons. The lowest BCUT2D eigenvalue weighted by Gasteiger charge is -2.30. The molecule has 0 bridgehead atoms. The second kappa shape index (κ2) is 6.74. The lowest BCUT2D eigenvalue weighted by molar-refractivity contribution is -0.127. The number of nitrogens with two attached hydrogens (primary N) is 1. The molecule has 7 nitrogen and oxygen atoms in total. The molecule has 1 aromatic carbocycles. The van der Waals surface area contributed by atoms with Gasteiger partial charge in [0.05, 0.1) is 5.92 Å². The van der Waals surface area contributed by atoms with Crippen molar-refractivity contribution in [3.8, 4) is 0 Å². The molecule has 1 saturated heterocycles. The number of benzene rings is 1. The summed E-state index contributed by atoms with van der Waals surface area (Å²) in [7, 11) is 0. The molecule has 4 N–H and O–H groups in total. The molecular formula is C14H18N4O3. The van der Waals surface area contributed by atoms with Crippen LogP contribution in [0.5, 0.6) is 0 Å². The van der Waals surface area contributed by atoms with Crippen LogP contribution in [0.4, 0.5) is 4.79 Å². The van der Waals surface area contributed by atoms with E-state index in [1.807, 2.05) is 0 Å². The fourth-order valence-electron chi connectivity index (χ4n) is 2.27. The Bertz CT molecular complexity index is 532. The lowest BCUT2D eigenvalue weighted by Crippen LogP contribution is -2.50. The Balaban J connectivity index is 1.84. The Hall–Kier alpha value is -2.57. The van der Waals surface area contributed by atoms with E-state index in [-0.39, 0.29) is 24.3 Å². The normalized spacial score (nSPS) is 17.9. The molecule has 0 spiro atoms. The third-order valence-electron chi connectivity index (χ3n) is 3.44. The van der Waals surface area contributed by atoms with Crippen molar-refractivity contribution in [2.24, 2.45) is 11.7 Å². The maximum absolute atomic E-state index is 12.0. The van der Waals surface area contributed by atoms with E-state index in [2.05, 4.69) is 10.9 Å². The first-order valence-corrected chi connectivity index (χ1v) is 6.77. The lowest BCUT2D eigenvalue weighted by atomic mass is 9.98. The van der Waals surface area contributed by atoms with Gasteiger partial charge in [-0.15, -0.1) is 0 Å². The highest BCUT2D eigenvalue weighted by Gasteiger charge is 2.27. The fraction of sp³-hybridized carbons (Fsp3) is 0.357. The van der Waals surface area contributed by atoms with Gasteiger partial charge in [-0.3, -0.25) is 20.4 Å². The second-order valence-electron chi connectivity index (χ2n) is 4.93. The van der Waals surface area contributed by atoms with E-state index in [0.29, 0.717) is 24.9 Å². The van der Waals surface area contributed by atoms with E-state index < -0.39 is 6.03 Å². The Morgan fingerprint density at radius 3 is 2.52 bits per heavy atom. The van der Waals surface area contributed by atoms with Crippen LogP contribution in [0.25, 0.3) is 0 Å². The van der Waals surface area contributed by atoms with E-state index >= 15 is 0 Å². The number of hydrogen-bond donors (Lipinski definition) is 3. The van der Waals surface area contributed by atoms with Crippen LogP contribution >= 0.6 is 0 Å². The monoisotopic (exact) mass is 290 g/mol. The molecule has 1 fully saturated rings. The predicted octanol–water partition coefficient (Wildman–Crippen LogP) is 0.238. The minimum atomic E-state index is -0.527. The van der Waals surface area contributed by atoms with Crippen molar-refractivity contribution in [1.29, 1.82) is 0 Å². The summed E-state index contributed by atoms with van der Waals surface area (Å²) in [5, 5.41) is 0. The SMILES string of the molecule is NC(=O)N1CCC[C@@H](C(=O)NNC(=O)c2ccccc2)C1. The van der Waals surface area contributed by atoms with Gasteiger partial charge in [-0.05, 0) is 25.0 Å². The molecule has 1 heterocycles. The number of rotatable bonds is 2. The van der Waals surface area contributed by atoms with E-state index in [1.165, 1.54) is 4.90 Å². The van der Waals surface area contributed by atoms with Gasteiger partial charge in [0, 0.05) is 18.7 Å². The molecule has 21 heavy (non-hydrogen) atoms. The minimum absolute atomic E-state index is 0.280. The van der Waals surface area contributed by atoms with Crippen molar-refractivity contribution in [3.63, 3.8) is 0 Å². The molecular weight excluding hydrogens is 272 g/mol. The van der Waals surface area contributed by atoms with Crippen LogP contribution in [0.1, 0.15) is 23.2 Å². The van der Waals surface area contributed by atoms with Crippen molar-refractivity contribution in [1.82, 2.24) is 15.8 Å². The molecule has 4 amide bonds. The predicted molar refractivity (Wildman–Crippen MR) is 75.9 cm³/mol. The summed E-state index contributed by atoms with van der Waals surface area (Å²) in [4.78, 5) is 36.3. The topological polar surface area (TPSA) is 105 Å². The molecule has 1 aliphatic rings. The smallest absolute Gasteiger partial charge is 0.314 e. The van der Waals surface area contributed by atoms with Gasteiger partial charge in [0.25, 0.3) is 5.91 Å². The number of carbonyl (C=O) groups excluding carboxylic acids is 3. The van der Waals surface area contributed by atoms with Crippen molar-refractivity contribution >= 4 is 17.8 Å². The standard InChI is InChI=1S/C14H18N4O3/c15-14(21)18-8-4-7-11(9-18)13(20)17-16-12(19)10-5-2-1-3-6-10/h1-3,5-6,11H,4,7-9H2,(H2,15,21)(H,16,19)(H,17,20)/t11-/m1/s1. The molecule has 0 unspecified atom stereocenters. The van der Waals surface area contributed by atoms with Crippen molar-refractivity contribution in [2.45, 2.75) is 12.8 Å². The number of nitrogens with one attached hydrogen (secondary N) is 2. The fourth-order valence-corrected chi connectivity index (χ4v) is 2.27. The molecule has 1 aliphatic heterocycles. The molecule has 7 heteroatoms. The molecule has 1 aromatic rings. The largest absolute Gasteiger partial charge is 0.351 e. The number of carbonyl (C=O) groups is 3. The van der Waals surface area contributed by atoms with Crippen LogP contribution in [0.2, 0.25) is 0 Å². The first-order chi connectivity index (χ1) is 10.1. The molecule has 0 radical (unpaired) electrons. The van der Waals surface area contributed by atoms with E-state index in [9.17, 15) is 14.4 Å². The van der Waals surface area contributed by atoms with Gasteiger partial charge in [0.15, 0.2) is 0 Å². The highest BCUT2D eigenvalue weighted by molar-refractivity contribution is 5.95. The van der Waals surface area contributed by atoms with Gasteiger partial charge in [0.2, 0.25) is 5.91 Å². The average molecular weight is 290 g/mol. The first-order valence-electron chi connectivity index (χ1n) is 6.77. The summed E-state index contributed by atoms with van der Waals surface area (Å²) in [6.07, 6.45) is 1.38. The summed E-state index contributed by atoms with van der Waals surface area (Å²) >= 11 is 0. The summed E-state index contributed by atoms with van der Waals surface area (Å²) in [5.74, 6) is -1.06. The summed E-state index contributed by atoms with van der Waals surface area (Å²) in [6, 6.07) is 8.05. The second-order valence-corrected chi connectivity index (χ2v) is 4.93. The molecule has 0 aliphatic carbocycles. The Morgan fingerprint density at radius 2 is 1.86 bits per heavy atom. The third-order valence-corrected chi connectivity index (χ3v) is 3.44. The van der Waals surface area contributed by atoms with Gasteiger partial charge in [0.1, 0.15) is 0 Å². The van der Waals surface area contributed by atoms with Gasteiger partial charge in [-0.2, -0.15) is 0 Å². The number of primary amides is 1.